The molecule has 0 atom stereocenters. The van der Waals surface area contributed by atoms with Gasteiger partial charge in [-0.1, -0.05) is 41.4 Å². The molecule has 0 spiro atoms. The number of anilines is 1. The summed E-state index contributed by atoms with van der Waals surface area (Å²) < 4.78 is 25.0. The van der Waals surface area contributed by atoms with Gasteiger partial charge >= 0.3 is 0 Å². The molecule has 0 aromatic heterocycles. The molecule has 168 valence electrons. The second-order valence-electron chi connectivity index (χ2n) is 7.49. The van der Waals surface area contributed by atoms with Crippen LogP contribution in [0.25, 0.3) is 6.08 Å². The van der Waals surface area contributed by atoms with Gasteiger partial charge in [0.25, 0.3) is 0 Å². The normalized spacial score (nSPS) is 11.8. The monoisotopic (exact) mass is 483 g/mol. The standard InChI is InChI=1S/C22H27Cl2N3O3S/c1-26(2)13-4-14-27(16-18-7-11-20(23)21(24)15-18)22(28)12-8-17-5-9-19(10-6-17)25-31(3,29)30/h5-12,15,25H,4,13-14,16H2,1-3H3. The SMILES string of the molecule is CN(C)CCCN(Cc1ccc(Cl)c(Cl)c1)C(=O)C=Cc1ccc(NS(C)(=O)=O)cc1. The lowest BCUT2D eigenvalue weighted by molar-refractivity contribution is -0.126. The highest BCUT2D eigenvalue weighted by molar-refractivity contribution is 7.92. The van der Waals surface area contributed by atoms with Gasteiger partial charge in [-0.05, 0) is 68.5 Å². The zero-order chi connectivity index (χ0) is 23.0. The van der Waals surface area contributed by atoms with E-state index in [9.17, 15) is 13.2 Å². The van der Waals surface area contributed by atoms with Crippen molar-refractivity contribution >= 4 is 50.9 Å². The molecule has 1 N–H and O–H groups in total. The van der Waals surface area contributed by atoms with Gasteiger partial charge in [-0.15, -0.1) is 0 Å². The van der Waals surface area contributed by atoms with Crippen molar-refractivity contribution in [3.8, 4) is 0 Å². The van der Waals surface area contributed by atoms with E-state index in [4.69, 9.17) is 23.2 Å². The van der Waals surface area contributed by atoms with Gasteiger partial charge < -0.3 is 9.80 Å². The quantitative estimate of drug-likeness (QED) is 0.509. The molecule has 0 saturated heterocycles. The molecule has 2 rings (SSSR count). The minimum atomic E-state index is -3.33. The molecule has 31 heavy (non-hydrogen) atoms. The number of halogens is 2. The van der Waals surface area contributed by atoms with E-state index in [0.29, 0.717) is 28.8 Å². The number of nitrogens with zero attached hydrogens (tertiary/aromatic N) is 2. The Balaban J connectivity index is 2.10. The van der Waals surface area contributed by atoms with Crippen LogP contribution < -0.4 is 4.72 Å². The van der Waals surface area contributed by atoms with Gasteiger partial charge in [0, 0.05) is 24.9 Å². The van der Waals surface area contributed by atoms with Crippen LogP contribution in [0, 0.1) is 0 Å². The maximum atomic E-state index is 12.9. The average molecular weight is 484 g/mol. The van der Waals surface area contributed by atoms with Crippen molar-refractivity contribution in [3.05, 3.63) is 69.7 Å². The number of hydrogen-bond donors (Lipinski definition) is 1. The van der Waals surface area contributed by atoms with Crippen LogP contribution in [0.3, 0.4) is 0 Å². The molecule has 0 fully saturated rings. The number of sulfonamides is 1. The largest absolute Gasteiger partial charge is 0.335 e. The van der Waals surface area contributed by atoms with E-state index in [0.717, 1.165) is 30.3 Å². The molecule has 0 aliphatic heterocycles. The molecule has 0 aliphatic carbocycles. The average Bonchev–Trinajstić information content (AvgIpc) is 2.67. The molecule has 0 saturated carbocycles. The number of benzene rings is 2. The van der Waals surface area contributed by atoms with Gasteiger partial charge in [-0.25, -0.2) is 8.42 Å². The molecule has 0 heterocycles. The van der Waals surface area contributed by atoms with E-state index in [1.54, 1.807) is 47.4 Å². The Kier molecular flexibility index (Phi) is 9.37. The lowest BCUT2D eigenvalue weighted by atomic mass is 10.1. The zero-order valence-corrected chi connectivity index (χ0v) is 20.1. The van der Waals surface area contributed by atoms with Crippen molar-refractivity contribution in [2.24, 2.45) is 0 Å². The Morgan fingerprint density at radius 2 is 1.71 bits per heavy atom. The fourth-order valence-electron chi connectivity index (χ4n) is 2.85. The number of hydrogen-bond acceptors (Lipinski definition) is 4. The fraction of sp³-hybridized carbons (Fsp3) is 0.318. The first kappa shape index (κ1) is 25.2. The summed E-state index contributed by atoms with van der Waals surface area (Å²) in [7, 11) is 0.659. The van der Waals surface area contributed by atoms with Gasteiger partial charge in [-0.3, -0.25) is 9.52 Å². The topological polar surface area (TPSA) is 69.7 Å². The summed E-state index contributed by atoms with van der Waals surface area (Å²) in [6.07, 6.45) is 5.16. The molecular formula is C22H27Cl2N3O3S. The summed E-state index contributed by atoms with van der Waals surface area (Å²) in [5, 5.41) is 0.933. The third-order valence-corrected chi connectivity index (χ3v) is 5.68. The van der Waals surface area contributed by atoms with Crippen LogP contribution >= 0.6 is 23.2 Å². The molecule has 0 unspecified atom stereocenters. The van der Waals surface area contributed by atoms with E-state index >= 15 is 0 Å². The Morgan fingerprint density at radius 3 is 2.29 bits per heavy atom. The smallest absolute Gasteiger partial charge is 0.246 e. The molecule has 0 bridgehead atoms. The Bertz CT molecular complexity index is 1020. The van der Waals surface area contributed by atoms with Crippen molar-refractivity contribution < 1.29 is 13.2 Å². The molecule has 0 radical (unpaired) electrons. The van der Waals surface area contributed by atoms with Crippen molar-refractivity contribution in [2.45, 2.75) is 13.0 Å². The Morgan fingerprint density at radius 1 is 1.03 bits per heavy atom. The van der Waals surface area contributed by atoms with Crippen molar-refractivity contribution in [3.63, 3.8) is 0 Å². The molecule has 2 aromatic carbocycles. The number of carbonyl (C=O) groups is 1. The second kappa shape index (κ2) is 11.5. The number of carbonyl (C=O) groups excluding carboxylic acids is 1. The lowest BCUT2D eigenvalue weighted by Crippen LogP contribution is -2.31. The first-order valence-electron chi connectivity index (χ1n) is 9.67. The maximum absolute atomic E-state index is 12.9. The van der Waals surface area contributed by atoms with Gasteiger partial charge in [0.1, 0.15) is 0 Å². The van der Waals surface area contributed by atoms with Crippen molar-refractivity contribution in [1.82, 2.24) is 9.80 Å². The third kappa shape index (κ3) is 9.31. The van der Waals surface area contributed by atoms with Crippen molar-refractivity contribution in [1.29, 1.82) is 0 Å². The minimum Gasteiger partial charge on any atom is -0.335 e. The van der Waals surface area contributed by atoms with E-state index in [2.05, 4.69) is 9.62 Å². The molecule has 1 amide bonds. The maximum Gasteiger partial charge on any atom is 0.246 e. The second-order valence-corrected chi connectivity index (χ2v) is 10.1. The summed E-state index contributed by atoms with van der Waals surface area (Å²) >= 11 is 12.1. The van der Waals surface area contributed by atoms with E-state index in [1.165, 1.54) is 6.08 Å². The van der Waals surface area contributed by atoms with Crippen LogP contribution in [-0.2, 0) is 21.4 Å². The zero-order valence-electron chi connectivity index (χ0n) is 17.8. The van der Waals surface area contributed by atoms with Crippen LogP contribution in [0.15, 0.2) is 48.5 Å². The van der Waals surface area contributed by atoms with Crippen LogP contribution in [0.1, 0.15) is 17.5 Å². The Labute approximate surface area is 194 Å². The Hall–Kier alpha value is -2.06. The van der Waals surface area contributed by atoms with Gasteiger partial charge in [0.05, 0.1) is 16.3 Å². The van der Waals surface area contributed by atoms with E-state index in [1.807, 2.05) is 20.2 Å². The molecular weight excluding hydrogens is 457 g/mol. The summed E-state index contributed by atoms with van der Waals surface area (Å²) in [5.41, 5.74) is 2.16. The third-order valence-electron chi connectivity index (χ3n) is 4.33. The van der Waals surface area contributed by atoms with Crippen molar-refractivity contribution in [2.75, 3.05) is 38.2 Å². The van der Waals surface area contributed by atoms with E-state index < -0.39 is 10.0 Å². The first-order valence-corrected chi connectivity index (χ1v) is 12.3. The molecule has 0 aliphatic rings. The van der Waals surface area contributed by atoms with Crippen LogP contribution in [0.4, 0.5) is 5.69 Å². The van der Waals surface area contributed by atoms with E-state index in [-0.39, 0.29) is 5.91 Å². The predicted octanol–water partition coefficient (Wildman–Crippen LogP) is 4.36. The number of amides is 1. The summed E-state index contributed by atoms with van der Waals surface area (Å²) in [6, 6.07) is 12.1. The fourth-order valence-corrected chi connectivity index (χ4v) is 3.74. The van der Waals surface area contributed by atoms with Gasteiger partial charge in [0.2, 0.25) is 15.9 Å². The highest BCUT2D eigenvalue weighted by Crippen LogP contribution is 2.23. The first-order chi connectivity index (χ1) is 14.5. The van der Waals surface area contributed by atoms with Crippen LogP contribution in [0.2, 0.25) is 10.0 Å². The highest BCUT2D eigenvalue weighted by Gasteiger charge is 2.12. The van der Waals surface area contributed by atoms with Gasteiger partial charge in [-0.2, -0.15) is 0 Å². The lowest BCUT2D eigenvalue weighted by Gasteiger charge is -2.22. The molecule has 2 aromatic rings. The number of nitrogens with one attached hydrogen (secondary N) is 1. The summed E-state index contributed by atoms with van der Waals surface area (Å²) in [5.74, 6) is -0.122. The highest BCUT2D eigenvalue weighted by atomic mass is 35.5. The molecule has 6 nitrogen and oxygen atoms in total. The molecule has 9 heteroatoms. The van der Waals surface area contributed by atoms with Crippen LogP contribution in [-0.4, -0.2) is 57.6 Å². The summed E-state index contributed by atoms with van der Waals surface area (Å²) in [6.45, 7) is 1.88. The summed E-state index contributed by atoms with van der Waals surface area (Å²) in [4.78, 5) is 16.7. The van der Waals surface area contributed by atoms with Crippen LogP contribution in [0.5, 0.6) is 0 Å². The number of rotatable bonds is 10. The predicted molar refractivity (Wildman–Crippen MR) is 129 cm³/mol. The minimum absolute atomic E-state index is 0.122. The van der Waals surface area contributed by atoms with Gasteiger partial charge in [0.15, 0.2) is 0 Å².